The molecule has 0 aliphatic carbocycles. The highest BCUT2D eigenvalue weighted by molar-refractivity contribution is 6.31. The molecule has 1 fully saturated rings. The van der Waals surface area contributed by atoms with Crippen LogP contribution in [0.2, 0.25) is 5.02 Å². The number of anilines is 1. The Morgan fingerprint density at radius 1 is 1.20 bits per heavy atom. The quantitative estimate of drug-likeness (QED) is 0.586. The maximum Gasteiger partial charge on any atom is 0.338 e. The molecule has 2 amide bonds. The van der Waals surface area contributed by atoms with E-state index >= 15 is 0 Å². The maximum atomic E-state index is 12.6. The molecule has 8 heteroatoms. The molecular formula is C22H23ClN4O3. The molecule has 1 saturated heterocycles. The molecule has 1 aromatic heterocycles. The number of carbonyl (C=O) groups excluding carboxylic acids is 2. The summed E-state index contributed by atoms with van der Waals surface area (Å²) in [6.07, 6.45) is 1.67. The number of rotatable bonds is 4. The van der Waals surface area contributed by atoms with Gasteiger partial charge in [-0.25, -0.2) is 14.6 Å². The number of hydrogen-bond acceptors (Lipinski definition) is 4. The number of piperidine rings is 1. The number of hydrogen-bond donors (Lipinski definition) is 2. The molecule has 3 aromatic rings. The fourth-order valence-corrected chi connectivity index (χ4v) is 3.83. The van der Waals surface area contributed by atoms with E-state index in [1.807, 2.05) is 18.2 Å². The zero-order valence-electron chi connectivity index (χ0n) is 16.7. The van der Waals surface area contributed by atoms with Gasteiger partial charge in [0.25, 0.3) is 0 Å². The molecule has 2 N–H and O–H groups in total. The number of likely N-dealkylation sites (tertiary alicyclic amines) is 1. The third kappa shape index (κ3) is 4.41. The lowest BCUT2D eigenvalue weighted by Crippen LogP contribution is -2.40. The molecule has 2 aromatic carbocycles. The Balaban J connectivity index is 1.33. The molecule has 0 spiro atoms. The number of benzene rings is 2. The van der Waals surface area contributed by atoms with Gasteiger partial charge in [-0.15, -0.1) is 0 Å². The van der Waals surface area contributed by atoms with Crippen LogP contribution in [0.3, 0.4) is 0 Å². The summed E-state index contributed by atoms with van der Waals surface area (Å²) in [5.74, 6) is 0.858. The predicted molar refractivity (Wildman–Crippen MR) is 116 cm³/mol. The van der Waals surface area contributed by atoms with Gasteiger partial charge in [-0.2, -0.15) is 0 Å². The molecule has 0 unspecified atom stereocenters. The largest absolute Gasteiger partial charge is 0.462 e. The number of fused-ring (bicyclic) bond motifs is 1. The third-order valence-electron chi connectivity index (χ3n) is 5.28. The second kappa shape index (κ2) is 8.75. The molecular weight excluding hydrogens is 404 g/mol. The Morgan fingerprint density at radius 3 is 2.63 bits per heavy atom. The lowest BCUT2D eigenvalue weighted by molar-refractivity contribution is 0.0526. The van der Waals surface area contributed by atoms with Crippen molar-refractivity contribution in [2.24, 2.45) is 0 Å². The van der Waals surface area contributed by atoms with E-state index in [0.29, 0.717) is 36.0 Å². The van der Waals surface area contributed by atoms with Crippen molar-refractivity contribution >= 4 is 40.3 Å². The van der Waals surface area contributed by atoms with Crippen molar-refractivity contribution in [2.75, 3.05) is 25.0 Å². The molecule has 2 heterocycles. The molecule has 1 aliphatic rings. The van der Waals surface area contributed by atoms with Crippen LogP contribution in [-0.2, 0) is 4.74 Å². The van der Waals surface area contributed by atoms with Gasteiger partial charge in [0.05, 0.1) is 23.2 Å². The summed E-state index contributed by atoms with van der Waals surface area (Å²) < 4.78 is 4.97. The average Bonchev–Trinajstić information content (AvgIpc) is 3.17. The highest BCUT2D eigenvalue weighted by atomic mass is 35.5. The molecule has 0 saturated carbocycles. The number of aromatic amines is 1. The second-order valence-corrected chi connectivity index (χ2v) is 7.71. The molecule has 7 nitrogen and oxygen atoms in total. The second-order valence-electron chi connectivity index (χ2n) is 7.27. The number of halogens is 1. The third-order valence-corrected chi connectivity index (χ3v) is 5.51. The Bertz CT molecular complexity index is 1060. The first-order valence-corrected chi connectivity index (χ1v) is 10.4. The van der Waals surface area contributed by atoms with Gasteiger partial charge >= 0.3 is 12.0 Å². The van der Waals surface area contributed by atoms with Crippen molar-refractivity contribution in [2.45, 2.75) is 25.7 Å². The number of amides is 2. The number of imidazole rings is 1. The number of H-pyrrole nitrogens is 1. The van der Waals surface area contributed by atoms with Crippen LogP contribution in [0.15, 0.2) is 42.5 Å². The summed E-state index contributed by atoms with van der Waals surface area (Å²) in [7, 11) is 0. The molecule has 30 heavy (non-hydrogen) atoms. The van der Waals surface area contributed by atoms with Crippen LogP contribution in [0.5, 0.6) is 0 Å². The van der Waals surface area contributed by atoms with Gasteiger partial charge in [-0.3, -0.25) is 0 Å². The summed E-state index contributed by atoms with van der Waals surface area (Å²) in [4.78, 5) is 34.2. The van der Waals surface area contributed by atoms with Crippen molar-refractivity contribution in [3.63, 3.8) is 0 Å². The Morgan fingerprint density at radius 2 is 1.93 bits per heavy atom. The normalized spacial score (nSPS) is 14.7. The zero-order valence-corrected chi connectivity index (χ0v) is 17.4. The smallest absolute Gasteiger partial charge is 0.338 e. The summed E-state index contributed by atoms with van der Waals surface area (Å²) in [5, 5.41) is 3.57. The van der Waals surface area contributed by atoms with Gasteiger partial charge in [0.2, 0.25) is 0 Å². The SMILES string of the molecule is CCOC(=O)c1ccc(NC(=O)N2CCC(c3nc4ccc(Cl)cc4[nH]3)CC2)cc1. The monoisotopic (exact) mass is 426 g/mol. The predicted octanol–water partition coefficient (Wildman–Crippen LogP) is 4.80. The first-order chi connectivity index (χ1) is 14.5. The van der Waals surface area contributed by atoms with Crippen LogP contribution in [0, 0.1) is 0 Å². The van der Waals surface area contributed by atoms with Crippen molar-refractivity contribution < 1.29 is 14.3 Å². The lowest BCUT2D eigenvalue weighted by Gasteiger charge is -2.31. The number of urea groups is 1. The van der Waals surface area contributed by atoms with E-state index in [-0.39, 0.29) is 17.9 Å². The number of carbonyl (C=O) groups is 2. The molecule has 4 rings (SSSR count). The maximum absolute atomic E-state index is 12.6. The van der Waals surface area contributed by atoms with Crippen molar-refractivity contribution in [1.82, 2.24) is 14.9 Å². The van der Waals surface area contributed by atoms with Gasteiger partial charge in [0, 0.05) is 29.7 Å². The van der Waals surface area contributed by atoms with E-state index in [1.165, 1.54) is 0 Å². The van der Waals surface area contributed by atoms with E-state index in [4.69, 9.17) is 16.3 Å². The topological polar surface area (TPSA) is 87.3 Å². The minimum Gasteiger partial charge on any atom is -0.462 e. The van der Waals surface area contributed by atoms with Crippen molar-refractivity contribution in [3.05, 3.63) is 58.9 Å². The summed E-state index contributed by atoms with van der Waals surface area (Å²) in [6.45, 7) is 3.39. The van der Waals surface area contributed by atoms with Gasteiger partial charge < -0.3 is 19.9 Å². The van der Waals surface area contributed by atoms with Crippen LogP contribution >= 0.6 is 11.6 Å². The number of aromatic nitrogens is 2. The fourth-order valence-electron chi connectivity index (χ4n) is 3.66. The van der Waals surface area contributed by atoms with Crippen LogP contribution in [0.4, 0.5) is 10.5 Å². The number of nitrogens with one attached hydrogen (secondary N) is 2. The Hall–Kier alpha value is -3.06. The van der Waals surface area contributed by atoms with E-state index in [1.54, 1.807) is 36.1 Å². The molecule has 1 aliphatic heterocycles. The fraction of sp³-hybridized carbons (Fsp3) is 0.318. The average molecular weight is 427 g/mol. The van der Waals surface area contributed by atoms with E-state index in [9.17, 15) is 9.59 Å². The van der Waals surface area contributed by atoms with Gasteiger partial charge in [0.1, 0.15) is 5.82 Å². The van der Waals surface area contributed by atoms with E-state index in [0.717, 1.165) is 29.7 Å². The minimum absolute atomic E-state index is 0.145. The number of nitrogens with zero attached hydrogens (tertiary/aromatic N) is 2. The van der Waals surface area contributed by atoms with Crippen LogP contribution in [0.1, 0.15) is 41.9 Å². The van der Waals surface area contributed by atoms with Gasteiger partial charge in [-0.1, -0.05) is 11.6 Å². The first kappa shape index (κ1) is 20.2. The lowest BCUT2D eigenvalue weighted by atomic mass is 9.96. The highest BCUT2D eigenvalue weighted by Crippen LogP contribution is 2.29. The van der Waals surface area contributed by atoms with Crippen LogP contribution in [0.25, 0.3) is 11.0 Å². The van der Waals surface area contributed by atoms with Crippen LogP contribution < -0.4 is 5.32 Å². The summed E-state index contributed by atoms with van der Waals surface area (Å²) in [5.41, 5.74) is 2.94. The molecule has 0 atom stereocenters. The van der Waals surface area contributed by atoms with E-state index in [2.05, 4.69) is 15.3 Å². The van der Waals surface area contributed by atoms with Gasteiger partial charge in [-0.05, 0) is 62.2 Å². The number of esters is 1. The van der Waals surface area contributed by atoms with Crippen molar-refractivity contribution in [1.29, 1.82) is 0 Å². The van der Waals surface area contributed by atoms with Crippen LogP contribution in [-0.4, -0.2) is 46.6 Å². The molecule has 0 radical (unpaired) electrons. The van der Waals surface area contributed by atoms with E-state index < -0.39 is 0 Å². The Labute approximate surface area is 179 Å². The van der Waals surface area contributed by atoms with Crippen molar-refractivity contribution in [3.8, 4) is 0 Å². The first-order valence-electron chi connectivity index (χ1n) is 10.0. The Kier molecular flexibility index (Phi) is 5.90. The minimum atomic E-state index is -0.370. The summed E-state index contributed by atoms with van der Waals surface area (Å²) in [6, 6.07) is 12.2. The summed E-state index contributed by atoms with van der Waals surface area (Å²) >= 11 is 6.05. The standard InChI is InChI=1S/C22H23ClN4O3/c1-2-30-21(28)15-3-6-17(7-4-15)24-22(29)27-11-9-14(10-12-27)20-25-18-8-5-16(23)13-19(18)26-20/h3-8,13-14H,2,9-12H2,1H3,(H,24,29)(H,25,26). The van der Waals surface area contributed by atoms with Gasteiger partial charge in [0.15, 0.2) is 0 Å². The highest BCUT2D eigenvalue weighted by Gasteiger charge is 2.26. The number of ether oxygens (including phenoxy) is 1. The zero-order chi connectivity index (χ0) is 21.1. The molecule has 156 valence electrons. The molecule has 0 bridgehead atoms.